The summed E-state index contributed by atoms with van der Waals surface area (Å²) >= 11 is 15.5. The molecule has 0 unspecified atom stereocenters. The normalized spacial score (nSPS) is 11.2. The van der Waals surface area contributed by atoms with Crippen molar-refractivity contribution in [1.82, 2.24) is 9.55 Å². The number of hydrogen-bond donors (Lipinski definition) is 0. The van der Waals surface area contributed by atoms with Crippen LogP contribution in [0.3, 0.4) is 0 Å². The van der Waals surface area contributed by atoms with Gasteiger partial charge in [0.2, 0.25) is 0 Å². The fourth-order valence-electron chi connectivity index (χ4n) is 2.31. The molecule has 0 amide bonds. The number of aryl methyl sites for hydroxylation is 1. The third kappa shape index (κ3) is 3.02. The maximum atomic E-state index is 5.96. The molecule has 0 atom stereocenters. The van der Waals surface area contributed by atoms with Gasteiger partial charge in [-0.15, -0.1) is 11.6 Å². The molecule has 3 aromatic rings. The van der Waals surface area contributed by atoms with Crippen molar-refractivity contribution in [2.24, 2.45) is 0 Å². The van der Waals surface area contributed by atoms with Crippen molar-refractivity contribution in [3.63, 3.8) is 0 Å². The van der Waals surface area contributed by atoms with E-state index in [1.807, 2.05) is 18.2 Å². The lowest BCUT2D eigenvalue weighted by Crippen LogP contribution is -2.04. The Morgan fingerprint density at radius 2 is 1.86 bits per heavy atom. The van der Waals surface area contributed by atoms with Gasteiger partial charge < -0.3 is 0 Å². The highest BCUT2D eigenvalue weighted by Gasteiger charge is 2.16. The molecular weight excluding hydrogens is 530 g/mol. The molecule has 6 heteroatoms. The summed E-state index contributed by atoms with van der Waals surface area (Å²) in [5, 5.41) is 0. The van der Waals surface area contributed by atoms with Crippen molar-refractivity contribution in [3.05, 3.63) is 54.7 Å². The van der Waals surface area contributed by atoms with Crippen molar-refractivity contribution in [2.45, 2.75) is 6.42 Å². The van der Waals surface area contributed by atoms with E-state index in [0.29, 0.717) is 5.88 Å². The lowest BCUT2D eigenvalue weighted by Gasteiger charge is -2.13. The number of imidazole rings is 1. The van der Waals surface area contributed by atoms with Crippen molar-refractivity contribution in [2.75, 3.05) is 5.88 Å². The Morgan fingerprint density at radius 3 is 2.52 bits per heavy atom. The van der Waals surface area contributed by atoms with Crippen molar-refractivity contribution >= 4 is 77.1 Å². The van der Waals surface area contributed by atoms with E-state index in [9.17, 15) is 0 Å². The molecule has 0 aliphatic heterocycles. The van der Waals surface area contributed by atoms with Gasteiger partial charge in [-0.05, 0) is 84.8 Å². The van der Waals surface area contributed by atoms with Crippen molar-refractivity contribution < 1.29 is 0 Å². The Balaban J connectivity index is 2.36. The molecule has 2 nitrogen and oxygen atoms in total. The number of rotatable bonds is 3. The van der Waals surface area contributed by atoms with Crippen LogP contribution < -0.4 is 0 Å². The molecule has 0 radical (unpaired) electrons. The summed E-state index contributed by atoms with van der Waals surface area (Å²) in [4.78, 5) is 4.75. The summed E-state index contributed by atoms with van der Waals surface area (Å²) in [6, 6.07) is 12.4. The molecule has 3 rings (SSSR count). The predicted molar refractivity (Wildman–Crippen MR) is 104 cm³/mol. The Bertz CT molecular complexity index is 797. The fraction of sp³-hybridized carbons (Fsp3) is 0.133. The Kier molecular flexibility index (Phi) is 4.93. The molecule has 0 saturated carbocycles. The van der Waals surface area contributed by atoms with Crippen molar-refractivity contribution in [1.29, 1.82) is 0 Å². The maximum absolute atomic E-state index is 5.96. The summed E-state index contributed by atoms with van der Waals surface area (Å²) in [5.74, 6) is 1.51. The highest BCUT2D eigenvalue weighted by atomic mass is 127. The van der Waals surface area contributed by atoms with Crippen LogP contribution in [0.1, 0.15) is 5.82 Å². The van der Waals surface area contributed by atoms with Gasteiger partial charge in [0.25, 0.3) is 0 Å². The molecular formula is C15H10Br2ClIN2. The highest BCUT2D eigenvalue weighted by Crippen LogP contribution is 2.33. The molecule has 21 heavy (non-hydrogen) atoms. The van der Waals surface area contributed by atoms with Gasteiger partial charge in [-0.3, -0.25) is 4.57 Å². The minimum absolute atomic E-state index is 0.544. The van der Waals surface area contributed by atoms with Crippen LogP contribution in [0, 0.1) is 3.57 Å². The molecule has 0 bridgehead atoms. The summed E-state index contributed by atoms with van der Waals surface area (Å²) in [6.07, 6.45) is 0.723. The molecule has 0 spiro atoms. The van der Waals surface area contributed by atoms with E-state index in [0.717, 1.165) is 37.9 Å². The number of halogens is 4. The van der Waals surface area contributed by atoms with Crippen molar-refractivity contribution in [3.8, 4) is 5.69 Å². The molecule has 0 aliphatic rings. The molecule has 0 aliphatic carbocycles. The van der Waals surface area contributed by atoms with Crippen LogP contribution in [-0.4, -0.2) is 15.4 Å². The van der Waals surface area contributed by atoms with Gasteiger partial charge in [-0.25, -0.2) is 4.98 Å². The molecule has 1 heterocycles. The average Bonchev–Trinajstić information content (AvgIpc) is 2.77. The third-order valence-electron chi connectivity index (χ3n) is 3.17. The minimum Gasteiger partial charge on any atom is -0.294 e. The van der Waals surface area contributed by atoms with E-state index in [2.05, 4.69) is 77.2 Å². The van der Waals surface area contributed by atoms with Gasteiger partial charge >= 0.3 is 0 Å². The number of alkyl halides is 1. The second-order valence-corrected chi connectivity index (χ2v) is 7.84. The highest BCUT2D eigenvalue weighted by molar-refractivity contribution is 14.1. The number of hydrogen-bond acceptors (Lipinski definition) is 1. The zero-order chi connectivity index (χ0) is 15.0. The van der Waals surface area contributed by atoms with Gasteiger partial charge in [-0.1, -0.05) is 6.07 Å². The molecule has 0 saturated heterocycles. The molecule has 1 aromatic heterocycles. The summed E-state index contributed by atoms with van der Waals surface area (Å²) in [6.45, 7) is 0. The second kappa shape index (κ2) is 6.56. The molecule has 108 valence electrons. The van der Waals surface area contributed by atoms with Crippen LogP contribution in [0.5, 0.6) is 0 Å². The summed E-state index contributed by atoms with van der Waals surface area (Å²) in [7, 11) is 0. The van der Waals surface area contributed by atoms with E-state index in [4.69, 9.17) is 16.6 Å². The smallest absolute Gasteiger partial charge is 0.115 e. The number of nitrogens with zero attached hydrogens (tertiary/aromatic N) is 2. The Morgan fingerprint density at radius 1 is 1.14 bits per heavy atom. The zero-order valence-electron chi connectivity index (χ0n) is 10.8. The quantitative estimate of drug-likeness (QED) is 0.297. The number of para-hydroxylation sites is 1. The first-order valence-electron chi connectivity index (χ1n) is 6.29. The van der Waals surface area contributed by atoms with Crippen LogP contribution in [0.25, 0.3) is 16.7 Å². The molecule has 0 N–H and O–H groups in total. The summed E-state index contributed by atoms with van der Waals surface area (Å²) in [5.41, 5.74) is 3.13. The van der Waals surface area contributed by atoms with E-state index in [-0.39, 0.29) is 0 Å². The van der Waals surface area contributed by atoms with Crippen LogP contribution in [0.15, 0.2) is 45.3 Å². The number of aromatic nitrogens is 2. The van der Waals surface area contributed by atoms with E-state index in [1.165, 1.54) is 3.57 Å². The maximum Gasteiger partial charge on any atom is 0.115 e. The Hall–Kier alpha value is -0.110. The topological polar surface area (TPSA) is 17.8 Å². The first-order valence-corrected chi connectivity index (χ1v) is 9.49. The van der Waals surface area contributed by atoms with E-state index in [1.54, 1.807) is 0 Å². The van der Waals surface area contributed by atoms with Crippen LogP contribution in [-0.2, 0) is 6.42 Å². The number of benzene rings is 2. The Labute approximate surface area is 158 Å². The van der Waals surface area contributed by atoms with Crippen LogP contribution in [0.4, 0.5) is 0 Å². The average molecular weight is 540 g/mol. The lowest BCUT2D eigenvalue weighted by molar-refractivity contribution is 0.906. The molecule has 0 fully saturated rings. The largest absolute Gasteiger partial charge is 0.294 e. The fourth-order valence-corrected chi connectivity index (χ4v) is 4.30. The second-order valence-electron chi connectivity index (χ2n) is 4.51. The predicted octanol–water partition coefficient (Wildman–Crippen LogP) is 5.94. The van der Waals surface area contributed by atoms with Gasteiger partial charge in [0, 0.05) is 24.8 Å². The van der Waals surface area contributed by atoms with Gasteiger partial charge in [0.1, 0.15) is 5.82 Å². The SMILES string of the molecule is ClCCc1nc2cc(I)ccc2n1-c1c(Br)cccc1Br. The zero-order valence-corrected chi connectivity index (χ0v) is 16.9. The standard InChI is InChI=1S/C15H10Br2ClIN2/c16-10-2-1-3-11(17)15(10)21-13-5-4-9(19)8-12(13)20-14(21)6-7-18/h1-5,8H,6-7H2. The molecule has 2 aromatic carbocycles. The van der Waals surface area contributed by atoms with Crippen LogP contribution >= 0.6 is 66.1 Å². The van der Waals surface area contributed by atoms with E-state index >= 15 is 0 Å². The monoisotopic (exact) mass is 538 g/mol. The van der Waals surface area contributed by atoms with E-state index < -0.39 is 0 Å². The third-order valence-corrected chi connectivity index (χ3v) is 5.31. The van der Waals surface area contributed by atoms with Gasteiger partial charge in [0.05, 0.1) is 16.7 Å². The van der Waals surface area contributed by atoms with Gasteiger partial charge in [-0.2, -0.15) is 0 Å². The number of fused-ring (bicyclic) bond motifs is 1. The summed E-state index contributed by atoms with van der Waals surface area (Å²) < 4.78 is 5.38. The van der Waals surface area contributed by atoms with Gasteiger partial charge in [0.15, 0.2) is 0 Å². The van der Waals surface area contributed by atoms with Crippen LogP contribution in [0.2, 0.25) is 0 Å². The first-order chi connectivity index (χ1) is 10.1. The first kappa shape index (κ1) is 15.8. The lowest BCUT2D eigenvalue weighted by atomic mass is 10.2. The minimum atomic E-state index is 0.544.